The van der Waals surface area contributed by atoms with E-state index in [2.05, 4.69) is 15.9 Å². The number of hydrogen-bond donors (Lipinski definition) is 1. The molecule has 0 aliphatic rings. The zero-order chi connectivity index (χ0) is 13.4. The van der Waals surface area contributed by atoms with Crippen molar-refractivity contribution in [3.63, 3.8) is 0 Å². The molecule has 0 heterocycles. The SMILES string of the molecule is Cc1cc(C(=O)O)c(C)c(CBr)c1S(C)(=O)=O. The van der Waals surface area contributed by atoms with Gasteiger partial charge >= 0.3 is 5.97 Å². The fraction of sp³-hybridized carbons (Fsp3) is 0.364. The Morgan fingerprint density at radius 1 is 1.41 bits per heavy atom. The Balaban J connectivity index is 3.78. The Hall–Kier alpha value is -0.880. The molecule has 0 saturated heterocycles. The second-order valence-electron chi connectivity index (χ2n) is 3.88. The molecule has 0 aliphatic carbocycles. The van der Waals surface area contributed by atoms with Crippen molar-refractivity contribution in [2.45, 2.75) is 24.1 Å². The van der Waals surface area contributed by atoms with Gasteiger partial charge in [-0.1, -0.05) is 15.9 Å². The van der Waals surface area contributed by atoms with E-state index in [4.69, 9.17) is 5.11 Å². The molecule has 1 N–H and O–H groups in total. The molecular weight excluding hydrogens is 308 g/mol. The van der Waals surface area contributed by atoms with Crippen LogP contribution in [0, 0.1) is 13.8 Å². The van der Waals surface area contributed by atoms with E-state index < -0.39 is 15.8 Å². The first kappa shape index (κ1) is 14.2. The average Bonchev–Trinajstić information content (AvgIpc) is 2.17. The predicted molar refractivity (Wildman–Crippen MR) is 68.6 cm³/mol. The first-order chi connectivity index (χ1) is 7.70. The minimum Gasteiger partial charge on any atom is -0.478 e. The zero-order valence-corrected chi connectivity index (χ0v) is 12.1. The maximum Gasteiger partial charge on any atom is 0.335 e. The van der Waals surface area contributed by atoms with Gasteiger partial charge in [-0.15, -0.1) is 0 Å². The number of carboxylic acid groups (broad SMARTS) is 1. The van der Waals surface area contributed by atoms with E-state index in [-0.39, 0.29) is 10.5 Å². The Morgan fingerprint density at radius 3 is 2.29 bits per heavy atom. The number of carboxylic acids is 1. The number of sulfone groups is 1. The van der Waals surface area contributed by atoms with E-state index >= 15 is 0 Å². The number of halogens is 1. The van der Waals surface area contributed by atoms with Gasteiger partial charge < -0.3 is 5.11 Å². The molecule has 0 atom stereocenters. The third-order valence-corrected chi connectivity index (χ3v) is 4.46. The molecule has 0 amide bonds. The number of aryl methyl sites for hydroxylation is 1. The van der Waals surface area contributed by atoms with Gasteiger partial charge in [0.25, 0.3) is 0 Å². The van der Waals surface area contributed by atoms with Crippen LogP contribution in [-0.4, -0.2) is 25.7 Å². The van der Waals surface area contributed by atoms with Gasteiger partial charge in [0.2, 0.25) is 0 Å². The summed E-state index contributed by atoms with van der Waals surface area (Å²) in [5.41, 5.74) is 1.61. The minimum atomic E-state index is -3.36. The van der Waals surface area contributed by atoms with Gasteiger partial charge in [0.05, 0.1) is 10.5 Å². The lowest BCUT2D eigenvalue weighted by atomic mass is 10.00. The highest BCUT2D eigenvalue weighted by atomic mass is 79.9. The quantitative estimate of drug-likeness (QED) is 0.867. The van der Waals surface area contributed by atoms with Crippen LogP contribution in [-0.2, 0) is 15.2 Å². The van der Waals surface area contributed by atoms with Crippen molar-refractivity contribution in [3.8, 4) is 0 Å². The van der Waals surface area contributed by atoms with Crippen LogP contribution < -0.4 is 0 Å². The number of benzene rings is 1. The molecule has 0 spiro atoms. The summed E-state index contributed by atoms with van der Waals surface area (Å²) in [5.74, 6) is -1.05. The lowest BCUT2D eigenvalue weighted by Gasteiger charge is -2.14. The van der Waals surface area contributed by atoms with Crippen LogP contribution in [0.2, 0.25) is 0 Å². The molecule has 0 radical (unpaired) electrons. The maximum atomic E-state index is 11.7. The molecule has 17 heavy (non-hydrogen) atoms. The van der Waals surface area contributed by atoms with Crippen LogP contribution in [0.1, 0.15) is 27.0 Å². The number of rotatable bonds is 3. The number of aromatic carboxylic acids is 1. The molecular formula is C11H13BrO4S. The summed E-state index contributed by atoms with van der Waals surface area (Å²) in [6.45, 7) is 3.22. The van der Waals surface area contributed by atoms with Gasteiger partial charge in [-0.3, -0.25) is 0 Å². The molecule has 0 unspecified atom stereocenters. The predicted octanol–water partition coefficient (Wildman–Crippen LogP) is 2.30. The van der Waals surface area contributed by atoms with Gasteiger partial charge in [-0.05, 0) is 36.6 Å². The van der Waals surface area contributed by atoms with E-state index in [1.54, 1.807) is 13.8 Å². The van der Waals surface area contributed by atoms with E-state index in [0.717, 1.165) is 6.26 Å². The van der Waals surface area contributed by atoms with E-state index in [9.17, 15) is 13.2 Å². The monoisotopic (exact) mass is 320 g/mol. The highest BCUT2D eigenvalue weighted by Crippen LogP contribution is 2.28. The minimum absolute atomic E-state index is 0.143. The van der Waals surface area contributed by atoms with Gasteiger partial charge in [0, 0.05) is 11.6 Å². The highest BCUT2D eigenvalue weighted by Gasteiger charge is 2.22. The second kappa shape index (κ2) is 4.78. The van der Waals surface area contributed by atoms with E-state index in [1.165, 1.54) is 6.07 Å². The van der Waals surface area contributed by atoms with Crippen molar-refractivity contribution >= 4 is 31.7 Å². The Morgan fingerprint density at radius 2 is 1.94 bits per heavy atom. The fourth-order valence-electron chi connectivity index (χ4n) is 1.86. The zero-order valence-electron chi connectivity index (χ0n) is 9.74. The summed E-state index contributed by atoms with van der Waals surface area (Å²) in [6.07, 6.45) is 1.13. The van der Waals surface area contributed by atoms with E-state index in [0.29, 0.717) is 22.0 Å². The van der Waals surface area contributed by atoms with Crippen LogP contribution in [0.25, 0.3) is 0 Å². The van der Waals surface area contributed by atoms with Gasteiger partial charge in [0.15, 0.2) is 9.84 Å². The molecule has 0 bridgehead atoms. The first-order valence-electron chi connectivity index (χ1n) is 4.82. The van der Waals surface area contributed by atoms with Gasteiger partial charge in [-0.2, -0.15) is 0 Å². The van der Waals surface area contributed by atoms with Gasteiger partial charge in [-0.25, -0.2) is 13.2 Å². The van der Waals surface area contributed by atoms with Crippen LogP contribution in [0.15, 0.2) is 11.0 Å². The number of carbonyl (C=O) groups is 1. The maximum absolute atomic E-state index is 11.7. The molecule has 0 aliphatic heterocycles. The molecule has 1 aromatic carbocycles. The molecule has 1 rings (SSSR count). The second-order valence-corrected chi connectivity index (χ2v) is 6.40. The van der Waals surface area contributed by atoms with Crippen molar-refractivity contribution in [1.82, 2.24) is 0 Å². The summed E-state index contributed by atoms with van der Waals surface area (Å²) in [5, 5.41) is 9.35. The number of alkyl halides is 1. The van der Waals surface area contributed by atoms with Crippen molar-refractivity contribution in [3.05, 3.63) is 28.3 Å². The van der Waals surface area contributed by atoms with Gasteiger partial charge in [0.1, 0.15) is 0 Å². The Labute approximate surface area is 109 Å². The van der Waals surface area contributed by atoms with Crippen molar-refractivity contribution in [2.24, 2.45) is 0 Å². The van der Waals surface area contributed by atoms with Crippen LogP contribution >= 0.6 is 15.9 Å². The highest BCUT2D eigenvalue weighted by molar-refractivity contribution is 9.08. The van der Waals surface area contributed by atoms with Crippen LogP contribution in [0.4, 0.5) is 0 Å². The van der Waals surface area contributed by atoms with Crippen molar-refractivity contribution < 1.29 is 18.3 Å². The van der Waals surface area contributed by atoms with Crippen molar-refractivity contribution in [1.29, 1.82) is 0 Å². The number of hydrogen-bond acceptors (Lipinski definition) is 3. The molecule has 6 heteroatoms. The third-order valence-electron chi connectivity index (χ3n) is 2.58. The van der Waals surface area contributed by atoms with E-state index in [1.807, 2.05) is 0 Å². The molecule has 0 saturated carbocycles. The average molecular weight is 321 g/mol. The summed E-state index contributed by atoms with van der Waals surface area (Å²) in [7, 11) is -3.36. The largest absolute Gasteiger partial charge is 0.478 e. The standard InChI is InChI=1S/C11H13BrO4S/c1-6-4-8(11(13)14)7(2)9(5-12)10(6)17(3,15)16/h4H,5H2,1-3H3,(H,13,14). The normalized spacial score (nSPS) is 11.5. The summed E-state index contributed by atoms with van der Waals surface area (Å²) >= 11 is 3.21. The van der Waals surface area contributed by atoms with Crippen LogP contribution in [0.5, 0.6) is 0 Å². The lowest BCUT2D eigenvalue weighted by molar-refractivity contribution is 0.0695. The summed E-state index contributed by atoms with van der Waals surface area (Å²) < 4.78 is 23.4. The summed E-state index contributed by atoms with van der Waals surface area (Å²) in [6, 6.07) is 1.40. The smallest absolute Gasteiger partial charge is 0.335 e. The molecule has 1 aromatic rings. The van der Waals surface area contributed by atoms with Crippen molar-refractivity contribution in [2.75, 3.05) is 6.26 Å². The summed E-state index contributed by atoms with van der Waals surface area (Å²) in [4.78, 5) is 11.3. The third kappa shape index (κ3) is 2.69. The van der Waals surface area contributed by atoms with Crippen LogP contribution in [0.3, 0.4) is 0 Å². The fourth-order valence-corrected chi connectivity index (χ4v) is 4.06. The topological polar surface area (TPSA) is 71.4 Å². The first-order valence-corrected chi connectivity index (χ1v) is 7.83. The molecule has 4 nitrogen and oxygen atoms in total. The molecule has 94 valence electrons. The Bertz CT molecular complexity index is 576. The lowest BCUT2D eigenvalue weighted by Crippen LogP contribution is -2.11. The molecule has 0 fully saturated rings. The molecule has 0 aromatic heterocycles. The Kier molecular flexibility index (Phi) is 3.99.